The van der Waals surface area contributed by atoms with Gasteiger partial charge < -0.3 is 10.5 Å². The average molecular weight is 253 g/mol. The van der Waals surface area contributed by atoms with Gasteiger partial charge in [-0.05, 0) is 26.2 Å². The van der Waals surface area contributed by atoms with Gasteiger partial charge in [0.05, 0.1) is 18.8 Å². The Balaban J connectivity index is 2.83. The third-order valence-corrected chi connectivity index (χ3v) is 3.10. The summed E-state index contributed by atoms with van der Waals surface area (Å²) in [5.74, 6) is 0. The van der Waals surface area contributed by atoms with Crippen LogP contribution in [0.2, 0.25) is 0 Å². The van der Waals surface area contributed by atoms with E-state index in [4.69, 9.17) is 10.5 Å². The lowest BCUT2D eigenvalue weighted by atomic mass is 10.0. The van der Waals surface area contributed by atoms with Gasteiger partial charge >= 0.3 is 0 Å². The Labute approximate surface area is 111 Å². The van der Waals surface area contributed by atoms with E-state index in [1.807, 2.05) is 6.92 Å². The average Bonchev–Trinajstić information content (AvgIpc) is 2.72. The number of ether oxygens (including phenoxy) is 1. The van der Waals surface area contributed by atoms with Gasteiger partial charge in [-0.3, -0.25) is 4.68 Å². The lowest BCUT2D eigenvalue weighted by Gasteiger charge is -2.10. The second-order valence-corrected chi connectivity index (χ2v) is 4.64. The Morgan fingerprint density at radius 3 is 2.44 bits per heavy atom. The monoisotopic (exact) mass is 253 g/mol. The van der Waals surface area contributed by atoms with Gasteiger partial charge in [-0.25, -0.2) is 0 Å². The third-order valence-electron chi connectivity index (χ3n) is 3.10. The molecule has 0 bridgehead atoms. The van der Waals surface area contributed by atoms with Crippen molar-refractivity contribution in [1.29, 1.82) is 0 Å². The van der Waals surface area contributed by atoms with Crippen LogP contribution in [0.3, 0.4) is 0 Å². The first-order valence-electron chi connectivity index (χ1n) is 7.07. The zero-order chi connectivity index (χ0) is 13.5. The molecule has 0 aliphatic carbocycles. The normalized spacial score (nSPS) is 12.9. The van der Waals surface area contributed by atoms with Crippen molar-refractivity contribution in [3.63, 3.8) is 0 Å². The molecule has 0 aromatic carbocycles. The molecule has 0 saturated heterocycles. The van der Waals surface area contributed by atoms with Crippen molar-refractivity contribution in [1.82, 2.24) is 9.78 Å². The van der Waals surface area contributed by atoms with E-state index in [9.17, 15) is 0 Å². The number of nitrogens with two attached hydrogens (primary N) is 1. The molecule has 0 amide bonds. The molecule has 1 aromatic heterocycles. The summed E-state index contributed by atoms with van der Waals surface area (Å²) in [7, 11) is 0. The van der Waals surface area contributed by atoms with Crippen LogP contribution < -0.4 is 5.73 Å². The Hall–Kier alpha value is -0.870. The van der Waals surface area contributed by atoms with Gasteiger partial charge in [0.25, 0.3) is 0 Å². The molecule has 0 radical (unpaired) electrons. The van der Waals surface area contributed by atoms with Crippen molar-refractivity contribution in [2.75, 3.05) is 13.2 Å². The minimum Gasteiger partial charge on any atom is -0.380 e. The van der Waals surface area contributed by atoms with Crippen molar-refractivity contribution in [3.8, 4) is 0 Å². The smallest absolute Gasteiger partial charge is 0.0672 e. The van der Waals surface area contributed by atoms with Crippen molar-refractivity contribution in [3.05, 3.63) is 17.0 Å². The third kappa shape index (κ3) is 3.56. The highest BCUT2D eigenvalue weighted by atomic mass is 16.5. The van der Waals surface area contributed by atoms with Crippen LogP contribution in [0, 0.1) is 0 Å². The second kappa shape index (κ2) is 7.54. The van der Waals surface area contributed by atoms with E-state index in [0.29, 0.717) is 0 Å². The fourth-order valence-corrected chi connectivity index (χ4v) is 2.31. The maximum Gasteiger partial charge on any atom is 0.0672 e. The Kier molecular flexibility index (Phi) is 6.36. The molecule has 1 rings (SSSR count). The highest BCUT2D eigenvalue weighted by Gasteiger charge is 2.17. The van der Waals surface area contributed by atoms with E-state index in [-0.39, 0.29) is 6.04 Å². The van der Waals surface area contributed by atoms with E-state index >= 15 is 0 Å². The van der Waals surface area contributed by atoms with Gasteiger partial charge in [0.2, 0.25) is 0 Å². The van der Waals surface area contributed by atoms with Crippen LogP contribution in [0.4, 0.5) is 0 Å². The fraction of sp³-hybridized carbons (Fsp3) is 0.786. The van der Waals surface area contributed by atoms with Crippen molar-refractivity contribution >= 4 is 0 Å². The molecule has 0 aliphatic rings. The summed E-state index contributed by atoms with van der Waals surface area (Å²) in [5.41, 5.74) is 9.71. The van der Waals surface area contributed by atoms with Crippen molar-refractivity contribution in [2.45, 2.75) is 59.5 Å². The molecule has 4 heteroatoms. The number of nitrogens with zero attached hydrogens (tertiary/aromatic N) is 2. The number of aromatic nitrogens is 2. The first-order valence-corrected chi connectivity index (χ1v) is 7.07. The summed E-state index contributed by atoms with van der Waals surface area (Å²) < 4.78 is 7.61. The summed E-state index contributed by atoms with van der Waals surface area (Å²) >= 11 is 0. The molecule has 1 aromatic rings. The van der Waals surface area contributed by atoms with E-state index in [2.05, 4.69) is 30.6 Å². The Morgan fingerprint density at radius 2 is 1.94 bits per heavy atom. The highest BCUT2D eigenvalue weighted by Crippen LogP contribution is 2.22. The zero-order valence-corrected chi connectivity index (χ0v) is 12.2. The van der Waals surface area contributed by atoms with Crippen molar-refractivity contribution < 1.29 is 4.74 Å². The summed E-state index contributed by atoms with van der Waals surface area (Å²) in [4.78, 5) is 0. The minimum atomic E-state index is 0.0558. The number of hydrogen-bond acceptors (Lipinski definition) is 3. The van der Waals surface area contributed by atoms with E-state index in [1.54, 1.807) is 0 Å². The number of aryl methyl sites for hydroxylation is 1. The first-order chi connectivity index (χ1) is 8.65. The predicted octanol–water partition coefficient (Wildman–Crippen LogP) is 2.45. The second-order valence-electron chi connectivity index (χ2n) is 4.64. The molecule has 0 aliphatic heterocycles. The lowest BCUT2D eigenvalue weighted by molar-refractivity contribution is 0.123. The quantitative estimate of drug-likeness (QED) is 0.724. The standard InChI is InChI=1S/C14H27N3O/c1-5-9-18-10-8-17-13(7-3)14(11(4)15)12(6-2)16-17/h11H,5-10,15H2,1-4H3. The van der Waals surface area contributed by atoms with E-state index in [0.717, 1.165) is 44.7 Å². The Morgan fingerprint density at radius 1 is 1.22 bits per heavy atom. The molecular weight excluding hydrogens is 226 g/mol. The summed E-state index contributed by atoms with van der Waals surface area (Å²) in [6, 6.07) is 0.0558. The summed E-state index contributed by atoms with van der Waals surface area (Å²) in [6.45, 7) is 10.8. The molecule has 1 atom stereocenters. The molecule has 0 saturated carbocycles. The van der Waals surface area contributed by atoms with Gasteiger partial charge in [-0.2, -0.15) is 5.10 Å². The minimum absolute atomic E-state index is 0.0558. The van der Waals surface area contributed by atoms with Crippen LogP contribution in [0.15, 0.2) is 0 Å². The van der Waals surface area contributed by atoms with Crippen LogP contribution in [0.5, 0.6) is 0 Å². The molecule has 104 valence electrons. The van der Waals surface area contributed by atoms with Crippen LogP contribution in [-0.4, -0.2) is 23.0 Å². The highest BCUT2D eigenvalue weighted by molar-refractivity contribution is 5.29. The molecular formula is C14H27N3O. The van der Waals surface area contributed by atoms with Gasteiger partial charge in [-0.1, -0.05) is 20.8 Å². The van der Waals surface area contributed by atoms with Crippen LogP contribution >= 0.6 is 0 Å². The van der Waals surface area contributed by atoms with Crippen LogP contribution in [-0.2, 0) is 24.1 Å². The summed E-state index contributed by atoms with van der Waals surface area (Å²) in [6.07, 6.45) is 2.97. The maximum atomic E-state index is 6.07. The molecule has 4 nitrogen and oxygen atoms in total. The van der Waals surface area contributed by atoms with Gasteiger partial charge in [0, 0.05) is 23.9 Å². The van der Waals surface area contributed by atoms with Crippen LogP contribution in [0.25, 0.3) is 0 Å². The molecule has 2 N–H and O–H groups in total. The molecule has 0 fully saturated rings. The van der Waals surface area contributed by atoms with E-state index < -0.39 is 0 Å². The Bertz CT molecular complexity index is 358. The maximum absolute atomic E-state index is 6.07. The predicted molar refractivity (Wildman–Crippen MR) is 74.7 cm³/mol. The number of hydrogen-bond donors (Lipinski definition) is 1. The zero-order valence-electron chi connectivity index (χ0n) is 12.2. The largest absolute Gasteiger partial charge is 0.380 e. The van der Waals surface area contributed by atoms with E-state index in [1.165, 1.54) is 11.3 Å². The fourth-order valence-electron chi connectivity index (χ4n) is 2.31. The van der Waals surface area contributed by atoms with Gasteiger partial charge in [0.1, 0.15) is 0 Å². The van der Waals surface area contributed by atoms with Gasteiger partial charge in [-0.15, -0.1) is 0 Å². The number of rotatable bonds is 8. The SMILES string of the molecule is CCCOCCn1nc(CC)c(C(C)N)c1CC. The molecule has 1 heterocycles. The van der Waals surface area contributed by atoms with Gasteiger partial charge in [0.15, 0.2) is 0 Å². The molecule has 1 unspecified atom stereocenters. The molecule has 0 spiro atoms. The summed E-state index contributed by atoms with van der Waals surface area (Å²) in [5, 5.41) is 4.68. The topological polar surface area (TPSA) is 53.1 Å². The molecule has 18 heavy (non-hydrogen) atoms. The first kappa shape index (κ1) is 15.2. The van der Waals surface area contributed by atoms with Crippen LogP contribution in [0.1, 0.15) is 57.1 Å². The lowest BCUT2D eigenvalue weighted by Crippen LogP contribution is -2.13. The van der Waals surface area contributed by atoms with Crippen molar-refractivity contribution in [2.24, 2.45) is 5.73 Å².